The summed E-state index contributed by atoms with van der Waals surface area (Å²) in [7, 11) is 0. The highest BCUT2D eigenvalue weighted by atomic mass is 16.1. The molecule has 2 aliphatic rings. The lowest BCUT2D eigenvalue weighted by atomic mass is 9.91. The molecule has 0 heterocycles. The molecule has 32 heavy (non-hydrogen) atoms. The molecule has 1 heteroatoms. The molecule has 4 aromatic rings. The highest BCUT2D eigenvalue weighted by molar-refractivity contribution is 6.52. The minimum absolute atomic E-state index is 0.114. The van der Waals surface area contributed by atoms with Crippen LogP contribution in [0.1, 0.15) is 30.5 Å². The lowest BCUT2D eigenvalue weighted by molar-refractivity contribution is -0.110. The zero-order valence-electron chi connectivity index (χ0n) is 18.1. The van der Waals surface area contributed by atoms with Crippen LogP contribution < -0.4 is 0 Å². The summed E-state index contributed by atoms with van der Waals surface area (Å²) in [5.41, 5.74) is 8.07. The predicted molar refractivity (Wildman–Crippen MR) is 135 cm³/mol. The number of carbonyl (C=O) groups excluding carboxylic acids is 1. The van der Waals surface area contributed by atoms with Crippen molar-refractivity contribution >= 4 is 44.0 Å². The van der Waals surface area contributed by atoms with Gasteiger partial charge in [0.15, 0.2) is 5.78 Å². The summed E-state index contributed by atoms with van der Waals surface area (Å²) < 4.78 is 0. The number of carbonyl (C=O) groups is 1. The molecule has 0 amide bonds. The second kappa shape index (κ2) is 7.03. The first-order valence-corrected chi connectivity index (χ1v) is 11.1. The maximum absolute atomic E-state index is 14.0. The number of hydrogen-bond acceptors (Lipinski definition) is 1. The van der Waals surface area contributed by atoms with Gasteiger partial charge in [0.25, 0.3) is 0 Å². The lowest BCUT2D eigenvalue weighted by Crippen LogP contribution is -2.04. The van der Waals surface area contributed by atoms with Crippen LogP contribution >= 0.6 is 0 Å². The zero-order chi connectivity index (χ0) is 21.8. The molecular formula is C31H22O. The lowest BCUT2D eigenvalue weighted by Gasteiger charge is -2.11. The number of hydrogen-bond donors (Lipinski definition) is 0. The van der Waals surface area contributed by atoms with Gasteiger partial charge >= 0.3 is 0 Å². The first-order valence-electron chi connectivity index (χ1n) is 11.1. The smallest absolute Gasteiger partial charge is 0.195 e. The van der Waals surface area contributed by atoms with Gasteiger partial charge in [-0.05, 0) is 63.7 Å². The summed E-state index contributed by atoms with van der Waals surface area (Å²) >= 11 is 0. The van der Waals surface area contributed by atoms with E-state index in [1.807, 2.05) is 62.4 Å². The van der Waals surface area contributed by atoms with Crippen LogP contribution in [0.4, 0.5) is 0 Å². The Balaban J connectivity index is 1.81. The van der Waals surface area contributed by atoms with E-state index in [4.69, 9.17) is 0 Å². The van der Waals surface area contributed by atoms with Gasteiger partial charge in [0.1, 0.15) is 0 Å². The number of Topliss-reactive ketones (excluding diaryl/α,β-unsaturated/α-hetero) is 1. The summed E-state index contributed by atoms with van der Waals surface area (Å²) in [6, 6.07) is 27.4. The van der Waals surface area contributed by atoms with Crippen LogP contribution in [0.3, 0.4) is 0 Å². The first kappa shape index (κ1) is 18.8. The van der Waals surface area contributed by atoms with E-state index < -0.39 is 0 Å². The van der Waals surface area contributed by atoms with Gasteiger partial charge in [-0.2, -0.15) is 0 Å². The molecule has 0 unspecified atom stereocenters. The van der Waals surface area contributed by atoms with Crippen LogP contribution in [0.25, 0.3) is 38.3 Å². The topological polar surface area (TPSA) is 17.1 Å². The fourth-order valence-electron chi connectivity index (χ4n) is 5.37. The van der Waals surface area contributed by atoms with Crippen molar-refractivity contribution in [3.05, 3.63) is 125 Å². The quantitative estimate of drug-likeness (QED) is 0.249. The molecule has 4 aromatic carbocycles. The van der Waals surface area contributed by atoms with Gasteiger partial charge < -0.3 is 0 Å². The van der Waals surface area contributed by atoms with Crippen molar-refractivity contribution in [2.45, 2.75) is 13.8 Å². The maximum Gasteiger partial charge on any atom is 0.195 e. The fourth-order valence-corrected chi connectivity index (χ4v) is 5.37. The highest BCUT2D eigenvalue weighted by Crippen LogP contribution is 2.56. The molecule has 1 nitrogen and oxygen atoms in total. The Labute approximate surface area is 187 Å². The molecule has 2 aliphatic carbocycles. The third-order valence-corrected chi connectivity index (χ3v) is 6.64. The van der Waals surface area contributed by atoms with Gasteiger partial charge in [-0.1, -0.05) is 91.0 Å². The van der Waals surface area contributed by atoms with Crippen LogP contribution in [0.2, 0.25) is 0 Å². The Morgan fingerprint density at radius 1 is 0.719 bits per heavy atom. The van der Waals surface area contributed by atoms with Crippen molar-refractivity contribution in [3.63, 3.8) is 0 Å². The average Bonchev–Trinajstić information content (AvgIpc) is 3.31. The summed E-state index contributed by atoms with van der Waals surface area (Å²) in [6.07, 6.45) is 6.10. The highest BCUT2D eigenvalue weighted by Gasteiger charge is 2.40. The molecule has 0 fully saturated rings. The Kier molecular flexibility index (Phi) is 4.13. The van der Waals surface area contributed by atoms with Gasteiger partial charge in [-0.25, -0.2) is 0 Å². The minimum atomic E-state index is 0.114. The van der Waals surface area contributed by atoms with Crippen LogP contribution in [-0.2, 0) is 4.79 Å². The minimum Gasteiger partial charge on any atom is -0.289 e. The van der Waals surface area contributed by atoms with E-state index in [0.717, 1.165) is 39.0 Å². The molecule has 0 N–H and O–H groups in total. The van der Waals surface area contributed by atoms with Gasteiger partial charge in [0.05, 0.1) is 0 Å². The van der Waals surface area contributed by atoms with E-state index in [9.17, 15) is 4.79 Å². The van der Waals surface area contributed by atoms with Gasteiger partial charge in [-0.15, -0.1) is 0 Å². The predicted octanol–water partition coefficient (Wildman–Crippen LogP) is 7.78. The van der Waals surface area contributed by atoms with Crippen molar-refractivity contribution in [3.8, 4) is 0 Å². The molecule has 6 rings (SSSR count). The van der Waals surface area contributed by atoms with Gasteiger partial charge in [0.2, 0.25) is 0 Å². The van der Waals surface area contributed by atoms with Crippen LogP contribution in [0.5, 0.6) is 0 Å². The SMILES string of the molecule is C/C=C\C(=C/C)C1=C2C(=C(c3ccccc3)C1=O)c1cc3ccccc3c3cccc2c13. The van der Waals surface area contributed by atoms with E-state index in [-0.39, 0.29) is 5.78 Å². The molecule has 0 radical (unpaired) electrons. The summed E-state index contributed by atoms with van der Waals surface area (Å²) in [6.45, 7) is 4.00. The number of rotatable bonds is 3. The number of benzene rings is 4. The van der Waals surface area contributed by atoms with E-state index >= 15 is 0 Å². The first-order chi connectivity index (χ1) is 15.7. The second-order valence-electron chi connectivity index (χ2n) is 8.31. The molecular weight excluding hydrogens is 388 g/mol. The number of allylic oxidation sites excluding steroid dienone is 8. The Morgan fingerprint density at radius 2 is 1.47 bits per heavy atom. The van der Waals surface area contributed by atoms with E-state index in [1.165, 1.54) is 27.1 Å². The molecule has 0 aromatic heterocycles. The average molecular weight is 411 g/mol. The number of fused-ring (bicyclic) bond motifs is 5. The molecule has 0 atom stereocenters. The summed E-state index contributed by atoms with van der Waals surface area (Å²) in [4.78, 5) is 14.0. The van der Waals surface area contributed by atoms with Crippen LogP contribution in [0, 0.1) is 0 Å². The van der Waals surface area contributed by atoms with Gasteiger partial charge in [0, 0.05) is 22.3 Å². The van der Waals surface area contributed by atoms with E-state index in [2.05, 4.69) is 48.5 Å². The van der Waals surface area contributed by atoms with Crippen molar-refractivity contribution < 1.29 is 4.79 Å². The normalized spacial score (nSPS) is 15.7. The van der Waals surface area contributed by atoms with Gasteiger partial charge in [-0.3, -0.25) is 4.79 Å². The molecule has 0 aliphatic heterocycles. The Morgan fingerprint density at radius 3 is 2.25 bits per heavy atom. The molecule has 0 saturated heterocycles. The van der Waals surface area contributed by atoms with Crippen LogP contribution in [0.15, 0.2) is 108 Å². The van der Waals surface area contributed by atoms with Crippen molar-refractivity contribution in [2.24, 2.45) is 0 Å². The van der Waals surface area contributed by atoms with Crippen molar-refractivity contribution in [2.75, 3.05) is 0 Å². The maximum atomic E-state index is 14.0. The molecule has 0 saturated carbocycles. The summed E-state index contributed by atoms with van der Waals surface area (Å²) in [5, 5.41) is 4.96. The second-order valence-corrected chi connectivity index (χ2v) is 8.31. The third-order valence-electron chi connectivity index (χ3n) is 6.64. The Bertz CT molecular complexity index is 1570. The molecule has 152 valence electrons. The fraction of sp³-hybridized carbons (Fsp3) is 0.0645. The molecule has 0 spiro atoms. The molecule has 0 bridgehead atoms. The largest absolute Gasteiger partial charge is 0.289 e. The third kappa shape index (κ3) is 2.42. The van der Waals surface area contributed by atoms with Crippen molar-refractivity contribution in [1.82, 2.24) is 0 Å². The number of ketones is 1. The Hall–Kier alpha value is -3.97. The monoisotopic (exact) mass is 410 g/mol. The van der Waals surface area contributed by atoms with Crippen molar-refractivity contribution in [1.29, 1.82) is 0 Å². The zero-order valence-corrected chi connectivity index (χ0v) is 18.1. The van der Waals surface area contributed by atoms with E-state index in [1.54, 1.807) is 0 Å². The summed E-state index contributed by atoms with van der Waals surface area (Å²) in [5.74, 6) is 0.114. The van der Waals surface area contributed by atoms with Crippen LogP contribution in [-0.4, -0.2) is 5.78 Å². The van der Waals surface area contributed by atoms with E-state index in [0.29, 0.717) is 0 Å². The standard InChI is InChI=1S/C31H22O/c1-3-11-19(4-2)26-29-24-17-10-16-23-22-15-9-8-14-21(22)18-25(28(23)24)30(29)27(31(26)32)20-12-6-5-7-13-20/h3-18H,1-2H3/b11-3-,19-4+.